The number of nitrogens with zero attached hydrogens (tertiary/aromatic N) is 3. The van der Waals surface area contributed by atoms with Gasteiger partial charge in [0.1, 0.15) is 17.8 Å². The summed E-state index contributed by atoms with van der Waals surface area (Å²) in [6.45, 7) is -0.371. The van der Waals surface area contributed by atoms with Gasteiger partial charge in [-0.15, -0.1) is 0 Å². The van der Waals surface area contributed by atoms with Crippen molar-refractivity contribution in [1.82, 2.24) is 19.9 Å². The number of hydrogen-bond donors (Lipinski definition) is 1. The SMILES string of the molecule is COC(=O)CNC(=O)c1nc2cccnc2n(-c2ccc(OC)cc2)c1=O. The first kappa shape index (κ1) is 18.1. The van der Waals surface area contributed by atoms with E-state index in [1.165, 1.54) is 25.0 Å². The number of aromatic nitrogens is 3. The van der Waals surface area contributed by atoms with Crippen molar-refractivity contribution in [2.75, 3.05) is 20.8 Å². The van der Waals surface area contributed by atoms with E-state index in [4.69, 9.17) is 4.74 Å². The van der Waals surface area contributed by atoms with Crippen LogP contribution in [0, 0.1) is 0 Å². The molecule has 0 radical (unpaired) electrons. The van der Waals surface area contributed by atoms with Gasteiger partial charge in [0.25, 0.3) is 11.5 Å². The highest BCUT2D eigenvalue weighted by molar-refractivity contribution is 5.95. The topological polar surface area (TPSA) is 112 Å². The molecule has 1 N–H and O–H groups in total. The number of rotatable bonds is 5. The molecule has 0 saturated heterocycles. The number of benzene rings is 1. The lowest BCUT2D eigenvalue weighted by atomic mass is 10.2. The largest absolute Gasteiger partial charge is 0.497 e. The normalized spacial score (nSPS) is 10.4. The number of carbonyl (C=O) groups excluding carboxylic acids is 2. The summed E-state index contributed by atoms with van der Waals surface area (Å²) in [5.74, 6) is -0.797. The first-order chi connectivity index (χ1) is 13.0. The molecule has 2 aromatic heterocycles. The van der Waals surface area contributed by atoms with Crippen molar-refractivity contribution in [1.29, 1.82) is 0 Å². The third kappa shape index (κ3) is 3.61. The lowest BCUT2D eigenvalue weighted by Gasteiger charge is -2.12. The molecule has 0 unspecified atom stereocenters. The van der Waals surface area contributed by atoms with E-state index in [0.29, 0.717) is 22.6 Å². The Morgan fingerprint density at radius 3 is 2.56 bits per heavy atom. The zero-order valence-corrected chi connectivity index (χ0v) is 14.6. The summed E-state index contributed by atoms with van der Waals surface area (Å²) in [7, 11) is 2.74. The summed E-state index contributed by atoms with van der Waals surface area (Å²) in [5.41, 5.74) is 0.145. The highest BCUT2D eigenvalue weighted by atomic mass is 16.5. The molecule has 0 spiro atoms. The van der Waals surface area contributed by atoms with Gasteiger partial charge in [0.2, 0.25) is 0 Å². The Bertz CT molecular complexity index is 1060. The Labute approximate surface area is 153 Å². The molecule has 9 nitrogen and oxygen atoms in total. The molecule has 0 saturated carbocycles. The molecule has 138 valence electrons. The quantitative estimate of drug-likeness (QED) is 0.659. The maximum Gasteiger partial charge on any atom is 0.325 e. The monoisotopic (exact) mass is 368 g/mol. The number of ether oxygens (including phenoxy) is 2. The number of carbonyl (C=O) groups is 2. The fourth-order valence-corrected chi connectivity index (χ4v) is 2.45. The first-order valence-corrected chi connectivity index (χ1v) is 7.92. The van der Waals surface area contributed by atoms with Gasteiger partial charge < -0.3 is 14.8 Å². The Morgan fingerprint density at radius 2 is 1.89 bits per heavy atom. The maximum absolute atomic E-state index is 12.9. The molecule has 3 rings (SSSR count). The minimum Gasteiger partial charge on any atom is -0.497 e. The van der Waals surface area contributed by atoms with Crippen LogP contribution in [0.4, 0.5) is 0 Å². The summed E-state index contributed by atoms with van der Waals surface area (Å²) in [6, 6.07) is 10.0. The predicted octanol–water partition coefficient (Wildman–Crippen LogP) is 0.692. The highest BCUT2D eigenvalue weighted by Crippen LogP contribution is 2.17. The van der Waals surface area contributed by atoms with Crippen molar-refractivity contribution < 1.29 is 19.1 Å². The van der Waals surface area contributed by atoms with E-state index in [0.717, 1.165) is 0 Å². The molecular weight excluding hydrogens is 352 g/mol. The number of hydrogen-bond acceptors (Lipinski definition) is 7. The molecule has 1 amide bonds. The fourth-order valence-electron chi connectivity index (χ4n) is 2.45. The minimum atomic E-state index is -0.779. The van der Waals surface area contributed by atoms with Crippen LogP contribution in [0.2, 0.25) is 0 Å². The first-order valence-electron chi connectivity index (χ1n) is 7.92. The van der Waals surface area contributed by atoms with Gasteiger partial charge in [-0.2, -0.15) is 0 Å². The van der Waals surface area contributed by atoms with E-state index in [-0.39, 0.29) is 12.2 Å². The van der Waals surface area contributed by atoms with Gasteiger partial charge in [-0.1, -0.05) is 0 Å². The van der Waals surface area contributed by atoms with Crippen molar-refractivity contribution in [2.24, 2.45) is 0 Å². The van der Waals surface area contributed by atoms with Crippen molar-refractivity contribution in [3.63, 3.8) is 0 Å². The average molecular weight is 368 g/mol. The van der Waals surface area contributed by atoms with Gasteiger partial charge in [0.05, 0.1) is 19.9 Å². The molecule has 3 aromatic rings. The summed E-state index contributed by atoms with van der Waals surface area (Å²) in [6.07, 6.45) is 1.53. The average Bonchev–Trinajstić information content (AvgIpc) is 2.71. The van der Waals surface area contributed by atoms with Crippen molar-refractivity contribution in [3.8, 4) is 11.4 Å². The van der Waals surface area contributed by atoms with E-state index in [1.807, 2.05) is 0 Å². The molecule has 2 heterocycles. The molecule has 0 atom stereocenters. The highest BCUT2D eigenvalue weighted by Gasteiger charge is 2.19. The second-order valence-electron chi connectivity index (χ2n) is 5.40. The Balaban J connectivity index is 2.14. The Morgan fingerprint density at radius 1 is 1.15 bits per heavy atom. The minimum absolute atomic E-state index is 0.303. The molecular formula is C18H16N4O5. The second-order valence-corrected chi connectivity index (χ2v) is 5.40. The summed E-state index contributed by atoms with van der Waals surface area (Å²) >= 11 is 0. The fraction of sp³-hybridized carbons (Fsp3) is 0.167. The predicted molar refractivity (Wildman–Crippen MR) is 96.0 cm³/mol. The molecule has 9 heteroatoms. The van der Waals surface area contributed by atoms with Crippen LogP contribution in [-0.2, 0) is 9.53 Å². The number of nitrogens with one attached hydrogen (secondary N) is 1. The molecule has 0 aliphatic carbocycles. The Kier molecular flexibility index (Phi) is 5.11. The number of esters is 1. The van der Waals surface area contributed by atoms with Gasteiger partial charge in [0, 0.05) is 6.20 Å². The van der Waals surface area contributed by atoms with Crippen LogP contribution >= 0.6 is 0 Å². The van der Waals surface area contributed by atoms with Crippen LogP contribution < -0.4 is 15.6 Å². The standard InChI is InChI=1S/C18H16N4O5/c1-26-12-7-5-11(6-8-12)22-16-13(4-3-9-19-16)21-15(18(22)25)17(24)20-10-14(23)27-2/h3-9H,10H2,1-2H3,(H,20,24). The smallest absolute Gasteiger partial charge is 0.325 e. The van der Waals surface area contributed by atoms with E-state index >= 15 is 0 Å². The maximum atomic E-state index is 12.9. The van der Waals surface area contributed by atoms with Crippen LogP contribution in [0.1, 0.15) is 10.5 Å². The van der Waals surface area contributed by atoms with Crippen molar-refractivity contribution in [3.05, 3.63) is 58.6 Å². The van der Waals surface area contributed by atoms with Gasteiger partial charge in [-0.3, -0.25) is 19.0 Å². The van der Waals surface area contributed by atoms with Gasteiger partial charge in [-0.05, 0) is 36.4 Å². The molecule has 1 aromatic carbocycles. The number of methoxy groups -OCH3 is 2. The molecule has 27 heavy (non-hydrogen) atoms. The van der Waals surface area contributed by atoms with Gasteiger partial charge in [-0.25, -0.2) is 9.97 Å². The zero-order chi connectivity index (χ0) is 19.4. The summed E-state index contributed by atoms with van der Waals surface area (Å²) < 4.78 is 10.9. The van der Waals surface area contributed by atoms with E-state index in [1.54, 1.807) is 36.4 Å². The zero-order valence-electron chi connectivity index (χ0n) is 14.6. The lowest BCUT2D eigenvalue weighted by Crippen LogP contribution is -2.37. The summed E-state index contributed by atoms with van der Waals surface area (Å²) in [4.78, 5) is 44.9. The summed E-state index contributed by atoms with van der Waals surface area (Å²) in [5, 5.41) is 2.32. The third-order valence-corrected chi connectivity index (χ3v) is 3.78. The van der Waals surface area contributed by atoms with E-state index in [2.05, 4.69) is 20.0 Å². The molecule has 0 bridgehead atoms. The van der Waals surface area contributed by atoms with Crippen LogP contribution in [-0.4, -0.2) is 47.2 Å². The third-order valence-electron chi connectivity index (χ3n) is 3.78. The van der Waals surface area contributed by atoms with Crippen molar-refractivity contribution >= 4 is 23.0 Å². The molecule has 0 fully saturated rings. The van der Waals surface area contributed by atoms with Crippen molar-refractivity contribution in [2.45, 2.75) is 0 Å². The van der Waals surface area contributed by atoms with Crippen LogP contribution in [0.15, 0.2) is 47.4 Å². The lowest BCUT2D eigenvalue weighted by molar-refractivity contribution is -0.139. The van der Waals surface area contributed by atoms with Crippen LogP contribution in [0.3, 0.4) is 0 Å². The number of amides is 1. The number of pyridine rings is 1. The van der Waals surface area contributed by atoms with E-state index < -0.39 is 17.4 Å². The molecule has 0 aliphatic heterocycles. The number of fused-ring (bicyclic) bond motifs is 1. The molecule has 0 aliphatic rings. The van der Waals surface area contributed by atoms with Gasteiger partial charge in [0.15, 0.2) is 11.3 Å². The Hall–Kier alpha value is -3.75. The van der Waals surface area contributed by atoms with Gasteiger partial charge >= 0.3 is 5.97 Å². The van der Waals surface area contributed by atoms with E-state index in [9.17, 15) is 14.4 Å². The van der Waals surface area contributed by atoms with Crippen LogP contribution in [0.25, 0.3) is 16.9 Å². The van der Waals surface area contributed by atoms with Crippen LogP contribution in [0.5, 0.6) is 5.75 Å². The second kappa shape index (κ2) is 7.65.